The minimum atomic E-state index is -0.190. The first-order chi connectivity index (χ1) is 12.6. The van der Waals surface area contributed by atoms with Crippen LogP contribution in [0.3, 0.4) is 0 Å². The van der Waals surface area contributed by atoms with E-state index in [2.05, 4.69) is 22.0 Å². The maximum atomic E-state index is 14.7. The number of rotatable bonds is 4. The first-order valence-electron chi connectivity index (χ1n) is 9.46. The van der Waals surface area contributed by atoms with Gasteiger partial charge in [0, 0.05) is 43.9 Å². The summed E-state index contributed by atoms with van der Waals surface area (Å²) in [6.45, 7) is 4.73. The van der Waals surface area contributed by atoms with E-state index >= 15 is 0 Å². The van der Waals surface area contributed by atoms with Crippen LogP contribution in [0.25, 0.3) is 11.1 Å². The summed E-state index contributed by atoms with van der Waals surface area (Å²) in [6.07, 6.45) is 7.12. The summed E-state index contributed by atoms with van der Waals surface area (Å²) < 4.78 is 14.7. The Morgan fingerprint density at radius 3 is 2.65 bits per heavy atom. The molecular formula is C20H25FN4O. The fraction of sp³-hybridized carbons (Fsp3) is 0.500. The quantitative estimate of drug-likeness (QED) is 0.913. The number of anilines is 1. The molecule has 4 rings (SSSR count). The third-order valence-electron chi connectivity index (χ3n) is 5.94. The molecule has 6 heteroatoms. The van der Waals surface area contributed by atoms with Crippen LogP contribution in [0, 0.1) is 11.7 Å². The highest BCUT2D eigenvalue weighted by molar-refractivity contribution is 5.78. The van der Waals surface area contributed by atoms with Crippen molar-refractivity contribution < 1.29 is 9.18 Å². The molecule has 1 aromatic heterocycles. The number of aromatic amines is 1. The zero-order valence-corrected chi connectivity index (χ0v) is 15.1. The first-order valence-corrected chi connectivity index (χ1v) is 9.46. The second kappa shape index (κ2) is 7.09. The summed E-state index contributed by atoms with van der Waals surface area (Å²) in [5.74, 6) is 0.604. The lowest BCUT2D eigenvalue weighted by Crippen LogP contribution is -2.44. The third-order valence-corrected chi connectivity index (χ3v) is 5.94. The number of H-pyrrole nitrogens is 1. The monoisotopic (exact) mass is 356 g/mol. The molecule has 3 heterocycles. The van der Waals surface area contributed by atoms with Crippen molar-refractivity contribution in [3.05, 3.63) is 36.4 Å². The molecule has 2 fully saturated rings. The lowest BCUT2D eigenvalue weighted by atomic mass is 9.89. The molecule has 2 aliphatic heterocycles. The second-order valence-corrected chi connectivity index (χ2v) is 7.41. The molecule has 1 atom stereocenters. The Morgan fingerprint density at radius 2 is 2.04 bits per heavy atom. The molecule has 138 valence electrons. The van der Waals surface area contributed by atoms with Crippen molar-refractivity contribution in [1.82, 2.24) is 15.1 Å². The zero-order valence-electron chi connectivity index (χ0n) is 15.1. The van der Waals surface area contributed by atoms with Crippen molar-refractivity contribution in [3.8, 4) is 11.1 Å². The third kappa shape index (κ3) is 3.20. The second-order valence-electron chi connectivity index (χ2n) is 7.41. The zero-order chi connectivity index (χ0) is 18.1. The van der Waals surface area contributed by atoms with Crippen molar-refractivity contribution in [2.24, 2.45) is 5.92 Å². The van der Waals surface area contributed by atoms with Crippen LogP contribution in [0.15, 0.2) is 30.6 Å². The van der Waals surface area contributed by atoms with Crippen LogP contribution in [0.5, 0.6) is 0 Å². The van der Waals surface area contributed by atoms with Gasteiger partial charge in [0.2, 0.25) is 5.91 Å². The van der Waals surface area contributed by atoms with E-state index < -0.39 is 0 Å². The summed E-state index contributed by atoms with van der Waals surface area (Å²) >= 11 is 0. The Hall–Kier alpha value is -2.37. The molecule has 1 aromatic carbocycles. The van der Waals surface area contributed by atoms with Crippen LogP contribution < -0.4 is 4.90 Å². The molecule has 1 unspecified atom stereocenters. The average molecular weight is 356 g/mol. The van der Waals surface area contributed by atoms with Crippen LogP contribution in [0.1, 0.15) is 32.6 Å². The molecule has 0 saturated carbocycles. The Morgan fingerprint density at radius 1 is 1.23 bits per heavy atom. The van der Waals surface area contributed by atoms with Crippen molar-refractivity contribution in [1.29, 1.82) is 0 Å². The fourth-order valence-electron chi connectivity index (χ4n) is 4.33. The maximum Gasteiger partial charge on any atom is 0.222 e. The molecule has 1 amide bonds. The molecule has 0 radical (unpaired) electrons. The topological polar surface area (TPSA) is 52.2 Å². The highest BCUT2D eigenvalue weighted by Crippen LogP contribution is 2.32. The number of benzene rings is 1. The van der Waals surface area contributed by atoms with Crippen LogP contribution in [-0.4, -0.2) is 46.7 Å². The van der Waals surface area contributed by atoms with Gasteiger partial charge in [-0.15, -0.1) is 0 Å². The van der Waals surface area contributed by atoms with Gasteiger partial charge in [-0.05, 0) is 49.8 Å². The van der Waals surface area contributed by atoms with Gasteiger partial charge in [0.25, 0.3) is 0 Å². The van der Waals surface area contributed by atoms with Crippen molar-refractivity contribution in [2.45, 2.75) is 38.6 Å². The van der Waals surface area contributed by atoms with Crippen molar-refractivity contribution >= 4 is 11.6 Å². The van der Waals surface area contributed by atoms with Gasteiger partial charge in [0.1, 0.15) is 5.82 Å². The largest absolute Gasteiger partial charge is 0.369 e. The van der Waals surface area contributed by atoms with Gasteiger partial charge in [0.15, 0.2) is 0 Å². The number of carbonyl (C=O) groups excluding carboxylic acids is 1. The molecule has 1 N–H and O–H groups in total. The molecule has 2 aliphatic rings. The Kier molecular flexibility index (Phi) is 4.66. The predicted molar refractivity (Wildman–Crippen MR) is 99.3 cm³/mol. The number of hydrogen-bond donors (Lipinski definition) is 1. The van der Waals surface area contributed by atoms with Crippen LogP contribution >= 0.6 is 0 Å². The van der Waals surface area contributed by atoms with Gasteiger partial charge in [-0.25, -0.2) is 4.39 Å². The van der Waals surface area contributed by atoms with Crippen LogP contribution in [0.2, 0.25) is 0 Å². The summed E-state index contributed by atoms with van der Waals surface area (Å²) in [7, 11) is 0. The van der Waals surface area contributed by atoms with E-state index in [9.17, 15) is 9.18 Å². The molecule has 0 aliphatic carbocycles. The Balaban J connectivity index is 1.41. The number of nitrogens with zero attached hydrogens (tertiary/aromatic N) is 3. The van der Waals surface area contributed by atoms with Crippen LogP contribution in [0.4, 0.5) is 10.1 Å². The molecular weight excluding hydrogens is 331 g/mol. The van der Waals surface area contributed by atoms with Gasteiger partial charge < -0.3 is 9.80 Å². The molecule has 2 aromatic rings. The average Bonchev–Trinajstić information content (AvgIpc) is 3.33. The highest BCUT2D eigenvalue weighted by Gasteiger charge is 2.32. The molecule has 0 spiro atoms. The standard InChI is InChI=1S/C20H25FN4O/c1-14(25-8-2-3-20(25)26)15-6-9-24(10-7-15)19-5-4-16(11-18(19)21)17-12-22-23-13-17/h4-5,11-15H,2-3,6-10H2,1H3,(H,22,23). The van der Waals surface area contributed by atoms with Gasteiger partial charge >= 0.3 is 0 Å². The number of piperidine rings is 1. The van der Waals surface area contributed by atoms with Crippen LogP contribution in [-0.2, 0) is 4.79 Å². The molecule has 26 heavy (non-hydrogen) atoms. The molecule has 2 saturated heterocycles. The molecule has 0 bridgehead atoms. The minimum absolute atomic E-state index is 0.190. The number of carbonyl (C=O) groups is 1. The van der Waals surface area contributed by atoms with E-state index in [1.54, 1.807) is 18.5 Å². The minimum Gasteiger partial charge on any atom is -0.369 e. The maximum absolute atomic E-state index is 14.7. The number of nitrogens with one attached hydrogen (secondary N) is 1. The van der Waals surface area contributed by atoms with E-state index in [1.807, 2.05) is 17.0 Å². The fourth-order valence-corrected chi connectivity index (χ4v) is 4.33. The lowest BCUT2D eigenvalue weighted by molar-refractivity contribution is -0.130. The summed E-state index contributed by atoms with van der Waals surface area (Å²) in [6, 6.07) is 5.69. The van der Waals surface area contributed by atoms with E-state index in [-0.39, 0.29) is 5.82 Å². The normalized spacial score (nSPS) is 20.0. The lowest BCUT2D eigenvalue weighted by Gasteiger charge is -2.39. The summed E-state index contributed by atoms with van der Waals surface area (Å²) in [5, 5.41) is 6.67. The number of halogens is 1. The SMILES string of the molecule is CC(C1CCN(c2ccc(-c3cn[nH]c3)cc2F)CC1)N1CCCC1=O. The van der Waals surface area contributed by atoms with Gasteiger partial charge in [0.05, 0.1) is 11.9 Å². The van der Waals surface area contributed by atoms with E-state index in [1.165, 1.54) is 0 Å². The van der Waals surface area contributed by atoms with Gasteiger partial charge in [-0.1, -0.05) is 6.07 Å². The van der Waals surface area contributed by atoms with Gasteiger partial charge in [-0.2, -0.15) is 5.10 Å². The number of amides is 1. The highest BCUT2D eigenvalue weighted by atomic mass is 19.1. The smallest absolute Gasteiger partial charge is 0.222 e. The van der Waals surface area contributed by atoms with Crippen molar-refractivity contribution in [3.63, 3.8) is 0 Å². The molecule has 5 nitrogen and oxygen atoms in total. The Bertz CT molecular complexity index is 768. The number of aromatic nitrogens is 2. The van der Waals surface area contributed by atoms with Crippen molar-refractivity contribution in [2.75, 3.05) is 24.5 Å². The number of likely N-dealkylation sites (tertiary alicyclic amines) is 1. The predicted octanol–water partition coefficient (Wildman–Crippen LogP) is 3.44. The van der Waals surface area contributed by atoms with E-state index in [0.717, 1.165) is 50.0 Å². The van der Waals surface area contributed by atoms with E-state index in [0.29, 0.717) is 30.0 Å². The first kappa shape index (κ1) is 17.1. The summed E-state index contributed by atoms with van der Waals surface area (Å²) in [4.78, 5) is 16.1. The van der Waals surface area contributed by atoms with Gasteiger partial charge in [-0.3, -0.25) is 9.89 Å². The van der Waals surface area contributed by atoms with E-state index in [4.69, 9.17) is 0 Å². The number of hydrogen-bond acceptors (Lipinski definition) is 3. The Labute approximate surface area is 153 Å². The summed E-state index contributed by atoms with van der Waals surface area (Å²) in [5.41, 5.74) is 2.38.